The number of carbonyl (C=O) groups excluding carboxylic acids is 2. The van der Waals surface area contributed by atoms with E-state index in [2.05, 4.69) is 20.0 Å². The molecule has 0 aliphatic heterocycles. The van der Waals surface area contributed by atoms with Crippen molar-refractivity contribution in [3.05, 3.63) is 41.2 Å². The van der Waals surface area contributed by atoms with Gasteiger partial charge in [0.1, 0.15) is 5.75 Å². The standard InChI is InChI=1S/C15H12ClF2N3O4S/c1-26-15-19-6-10(16)12(21-15)13(23)24-7-11(22)20-8-2-4-9(5-3-8)25-14(17)18/h2-6,14H,7H2,1H3,(H,20,22). The topological polar surface area (TPSA) is 90.4 Å². The number of alkyl halides is 2. The Balaban J connectivity index is 1.89. The lowest BCUT2D eigenvalue weighted by atomic mass is 10.3. The Kier molecular flexibility index (Phi) is 7.10. The lowest BCUT2D eigenvalue weighted by Crippen LogP contribution is -2.21. The minimum atomic E-state index is -2.94. The van der Waals surface area contributed by atoms with Crippen molar-refractivity contribution in [2.24, 2.45) is 0 Å². The highest BCUT2D eigenvalue weighted by Gasteiger charge is 2.17. The number of anilines is 1. The fourth-order valence-electron chi connectivity index (χ4n) is 1.71. The number of rotatable bonds is 7. The SMILES string of the molecule is CSc1ncc(Cl)c(C(=O)OCC(=O)Nc2ccc(OC(F)F)cc2)n1. The van der Waals surface area contributed by atoms with Crippen LogP contribution in [0.5, 0.6) is 5.75 Å². The third-order valence-electron chi connectivity index (χ3n) is 2.80. The van der Waals surface area contributed by atoms with Crippen molar-refractivity contribution in [3.63, 3.8) is 0 Å². The van der Waals surface area contributed by atoms with Gasteiger partial charge in [-0.05, 0) is 30.5 Å². The van der Waals surface area contributed by atoms with Gasteiger partial charge >= 0.3 is 12.6 Å². The van der Waals surface area contributed by atoms with E-state index in [1.807, 2.05) is 0 Å². The fraction of sp³-hybridized carbons (Fsp3) is 0.200. The summed E-state index contributed by atoms with van der Waals surface area (Å²) in [5.74, 6) is -1.55. The van der Waals surface area contributed by atoms with Crippen molar-refractivity contribution in [2.75, 3.05) is 18.2 Å². The maximum Gasteiger partial charge on any atom is 0.387 e. The first-order chi connectivity index (χ1) is 12.4. The fourth-order valence-corrected chi connectivity index (χ4v) is 2.22. The summed E-state index contributed by atoms with van der Waals surface area (Å²) in [7, 11) is 0. The summed E-state index contributed by atoms with van der Waals surface area (Å²) in [5.41, 5.74) is 0.171. The van der Waals surface area contributed by atoms with Crippen molar-refractivity contribution >= 4 is 40.9 Å². The van der Waals surface area contributed by atoms with Gasteiger partial charge in [0.05, 0.1) is 11.2 Å². The summed E-state index contributed by atoms with van der Waals surface area (Å²) >= 11 is 7.06. The summed E-state index contributed by atoms with van der Waals surface area (Å²) in [6.45, 7) is -3.52. The second kappa shape index (κ2) is 9.30. The molecule has 0 bridgehead atoms. The number of benzene rings is 1. The molecule has 0 unspecified atom stereocenters. The van der Waals surface area contributed by atoms with Crippen LogP contribution in [0.25, 0.3) is 0 Å². The molecular formula is C15H12ClF2N3O4S. The first-order valence-electron chi connectivity index (χ1n) is 6.97. The zero-order chi connectivity index (χ0) is 19.1. The zero-order valence-corrected chi connectivity index (χ0v) is 14.8. The van der Waals surface area contributed by atoms with Gasteiger partial charge in [-0.3, -0.25) is 4.79 Å². The number of carbonyl (C=O) groups is 2. The molecule has 1 heterocycles. The van der Waals surface area contributed by atoms with Crippen LogP contribution >= 0.6 is 23.4 Å². The number of hydrogen-bond acceptors (Lipinski definition) is 7. The third kappa shape index (κ3) is 5.81. The molecule has 0 fully saturated rings. The molecule has 0 atom stereocenters. The maximum absolute atomic E-state index is 12.1. The average molecular weight is 404 g/mol. The van der Waals surface area contributed by atoms with Crippen molar-refractivity contribution in [1.29, 1.82) is 0 Å². The van der Waals surface area contributed by atoms with Crippen LogP contribution < -0.4 is 10.1 Å². The van der Waals surface area contributed by atoms with Crippen LogP contribution in [-0.4, -0.2) is 41.3 Å². The molecule has 1 amide bonds. The zero-order valence-electron chi connectivity index (χ0n) is 13.2. The van der Waals surface area contributed by atoms with Gasteiger partial charge in [0, 0.05) is 5.69 Å². The van der Waals surface area contributed by atoms with E-state index in [0.717, 1.165) is 0 Å². The second-order valence-corrected chi connectivity index (χ2v) is 5.76. The van der Waals surface area contributed by atoms with Gasteiger partial charge in [0.15, 0.2) is 17.5 Å². The quantitative estimate of drug-likeness (QED) is 0.431. The molecule has 138 valence electrons. The number of ether oxygens (including phenoxy) is 2. The monoisotopic (exact) mass is 403 g/mol. The molecule has 0 saturated carbocycles. The largest absolute Gasteiger partial charge is 0.451 e. The van der Waals surface area contributed by atoms with Crippen LogP contribution in [0.1, 0.15) is 10.5 Å². The number of nitrogens with zero attached hydrogens (tertiary/aromatic N) is 2. The lowest BCUT2D eigenvalue weighted by Gasteiger charge is -2.08. The van der Waals surface area contributed by atoms with Gasteiger partial charge in [-0.25, -0.2) is 14.8 Å². The number of halogens is 3. The third-order valence-corrected chi connectivity index (χ3v) is 3.63. The lowest BCUT2D eigenvalue weighted by molar-refractivity contribution is -0.119. The predicted octanol–water partition coefficient (Wildman–Crippen LogP) is 3.25. The number of aromatic nitrogens is 2. The van der Waals surface area contributed by atoms with Gasteiger partial charge in [-0.15, -0.1) is 0 Å². The second-order valence-electron chi connectivity index (χ2n) is 4.58. The molecule has 0 aliphatic rings. The molecule has 1 aromatic carbocycles. The molecule has 2 rings (SSSR count). The summed E-state index contributed by atoms with van der Waals surface area (Å²) in [6, 6.07) is 5.25. The van der Waals surface area contributed by atoms with E-state index >= 15 is 0 Å². The van der Waals surface area contributed by atoms with E-state index in [1.54, 1.807) is 6.26 Å². The van der Waals surface area contributed by atoms with E-state index in [4.69, 9.17) is 16.3 Å². The molecule has 0 radical (unpaired) electrons. The molecule has 0 spiro atoms. The predicted molar refractivity (Wildman–Crippen MR) is 90.8 cm³/mol. The molecule has 1 aromatic heterocycles. The van der Waals surface area contributed by atoms with Crippen LogP contribution in [0, 0.1) is 0 Å². The van der Waals surface area contributed by atoms with Crippen molar-refractivity contribution < 1.29 is 27.8 Å². The highest BCUT2D eigenvalue weighted by molar-refractivity contribution is 7.98. The normalized spacial score (nSPS) is 10.5. The van der Waals surface area contributed by atoms with Crippen LogP contribution in [0.4, 0.5) is 14.5 Å². The van der Waals surface area contributed by atoms with Crippen LogP contribution in [0.3, 0.4) is 0 Å². The van der Waals surface area contributed by atoms with Crippen LogP contribution in [0.2, 0.25) is 5.02 Å². The van der Waals surface area contributed by atoms with E-state index in [9.17, 15) is 18.4 Å². The summed E-state index contributed by atoms with van der Waals surface area (Å²) < 4.78 is 33.2. The number of hydrogen-bond donors (Lipinski definition) is 1. The number of nitrogens with one attached hydrogen (secondary N) is 1. The van der Waals surface area contributed by atoms with Crippen molar-refractivity contribution in [2.45, 2.75) is 11.8 Å². The van der Waals surface area contributed by atoms with Gasteiger partial charge in [0.2, 0.25) is 0 Å². The Morgan fingerprint density at radius 3 is 2.62 bits per heavy atom. The smallest absolute Gasteiger partial charge is 0.387 e. The first-order valence-corrected chi connectivity index (χ1v) is 8.57. The van der Waals surface area contributed by atoms with Gasteiger partial charge in [-0.1, -0.05) is 23.4 Å². The molecule has 1 N–H and O–H groups in total. The Bertz CT molecular complexity index is 793. The maximum atomic E-state index is 12.1. The van der Waals surface area contributed by atoms with E-state index < -0.39 is 25.1 Å². The van der Waals surface area contributed by atoms with Crippen LogP contribution in [-0.2, 0) is 9.53 Å². The number of esters is 1. The summed E-state index contributed by atoms with van der Waals surface area (Å²) in [5, 5.41) is 2.77. The first kappa shape index (κ1) is 19.9. The molecular weight excluding hydrogens is 392 g/mol. The van der Waals surface area contributed by atoms with Crippen LogP contribution in [0.15, 0.2) is 35.6 Å². The number of thioether (sulfide) groups is 1. The number of amides is 1. The minimum Gasteiger partial charge on any atom is -0.451 e. The molecule has 0 saturated heterocycles. The summed E-state index contributed by atoms with van der Waals surface area (Å²) in [4.78, 5) is 31.6. The minimum absolute atomic E-state index is 0.00262. The molecule has 11 heteroatoms. The van der Waals surface area contributed by atoms with E-state index in [1.165, 1.54) is 42.2 Å². The van der Waals surface area contributed by atoms with Crippen molar-refractivity contribution in [1.82, 2.24) is 9.97 Å². The highest BCUT2D eigenvalue weighted by Crippen LogP contribution is 2.19. The van der Waals surface area contributed by atoms with Crippen molar-refractivity contribution in [3.8, 4) is 5.75 Å². The molecule has 7 nitrogen and oxygen atoms in total. The van der Waals surface area contributed by atoms with Gasteiger partial charge < -0.3 is 14.8 Å². The Labute approximate surface area is 156 Å². The molecule has 2 aromatic rings. The Hall–Kier alpha value is -2.46. The Morgan fingerprint density at radius 2 is 2.00 bits per heavy atom. The highest BCUT2D eigenvalue weighted by atomic mass is 35.5. The van der Waals surface area contributed by atoms with Gasteiger partial charge in [0.25, 0.3) is 5.91 Å². The van der Waals surface area contributed by atoms with E-state index in [0.29, 0.717) is 10.8 Å². The molecule has 0 aliphatic carbocycles. The van der Waals surface area contributed by atoms with Gasteiger partial charge in [-0.2, -0.15) is 8.78 Å². The van der Waals surface area contributed by atoms with E-state index in [-0.39, 0.29) is 16.5 Å². The summed E-state index contributed by atoms with van der Waals surface area (Å²) in [6.07, 6.45) is 2.99. The average Bonchev–Trinajstić information content (AvgIpc) is 2.61. The molecule has 26 heavy (non-hydrogen) atoms. The Morgan fingerprint density at radius 1 is 1.31 bits per heavy atom.